The summed E-state index contributed by atoms with van der Waals surface area (Å²) in [6, 6.07) is -2.81. The summed E-state index contributed by atoms with van der Waals surface area (Å²) in [4.78, 5) is 38.4. The molecule has 0 saturated carbocycles. The molecule has 488 valence electrons. The maximum atomic E-state index is 13.4. The van der Waals surface area contributed by atoms with Gasteiger partial charge in [-0.15, -0.1) is 0 Å². The molecule has 0 aromatic rings. The zero-order valence-corrected chi connectivity index (χ0v) is 49.9. The number of aliphatic carboxylic acids is 1. The molecule has 15 N–H and O–H groups in total. The summed E-state index contributed by atoms with van der Waals surface area (Å²) in [7, 11) is 0. The van der Waals surface area contributed by atoms with Gasteiger partial charge in [0, 0.05) is 19.8 Å². The molecule has 83 heavy (non-hydrogen) atoms. The number of carbonyl (C=O) groups is 3. The lowest BCUT2D eigenvalue weighted by Crippen LogP contribution is -2.70. The molecule has 3 aliphatic heterocycles. The Balaban J connectivity index is 1.67. The van der Waals surface area contributed by atoms with Gasteiger partial charge < -0.3 is 105 Å². The number of nitrogens with one attached hydrogen (secondary N) is 2. The van der Waals surface area contributed by atoms with Crippen LogP contribution in [0.3, 0.4) is 0 Å². The van der Waals surface area contributed by atoms with E-state index in [1.54, 1.807) is 0 Å². The number of amides is 2. The van der Waals surface area contributed by atoms with Crippen LogP contribution in [0.5, 0.6) is 0 Å². The maximum absolute atomic E-state index is 13.4. The van der Waals surface area contributed by atoms with Crippen molar-refractivity contribution < 1.29 is 109 Å². The Morgan fingerprint density at radius 1 is 0.590 bits per heavy atom. The van der Waals surface area contributed by atoms with E-state index < -0.39 is 167 Å². The highest BCUT2D eigenvalue weighted by Gasteiger charge is 2.60. The summed E-state index contributed by atoms with van der Waals surface area (Å²) in [5.41, 5.74) is 0. The summed E-state index contributed by atoms with van der Waals surface area (Å²) in [6.45, 7) is 1.91. The monoisotopic (exact) mass is 1200 g/mol. The zero-order valence-electron chi connectivity index (χ0n) is 49.9. The van der Waals surface area contributed by atoms with E-state index in [9.17, 15) is 80.8 Å². The van der Waals surface area contributed by atoms with E-state index in [1.165, 1.54) is 109 Å². The van der Waals surface area contributed by atoms with Crippen LogP contribution >= 0.6 is 0 Å². The number of rotatable bonds is 46. The molecular weight excluding hydrogens is 1090 g/mol. The number of carbonyl (C=O) groups excluding carboxylic acids is 2. The second-order valence-electron chi connectivity index (χ2n) is 23.4. The van der Waals surface area contributed by atoms with Gasteiger partial charge in [0.1, 0.15) is 73.2 Å². The van der Waals surface area contributed by atoms with Crippen molar-refractivity contribution in [1.82, 2.24) is 10.6 Å². The standard InChI is InChI=1S/C59H110N2O22/c1-4-6-8-10-12-14-16-18-19-20-22-24-26-28-30-32-45(69)61-39(47(70)40(66)31-29-27-25-23-21-17-15-13-11-9-7-5-2)37-78-56-51(74)50(73)53(44(36-64)80-56)81-57-52(75)55(49(72)43(35-63)79-57)83-59(58(76)77)33-41(67)46(60-38(3)65)54(82-59)48(71)42(68)34-62/h39-44,46-57,62-64,66-68,70-75H,4-37H2,1-3H3,(H,60,65)(H,61,69)(H,76,77)/t39-,40+,41?,42+,43?,44?,46?,47-,48+,49?,50?,51?,52?,53?,54?,55?,56?,57?,59?/m1/s1. The second-order valence-corrected chi connectivity index (χ2v) is 23.4. The Morgan fingerprint density at radius 3 is 1.54 bits per heavy atom. The second kappa shape index (κ2) is 41.8. The van der Waals surface area contributed by atoms with E-state index >= 15 is 0 Å². The van der Waals surface area contributed by atoms with Gasteiger partial charge in [-0.05, 0) is 12.8 Å². The van der Waals surface area contributed by atoms with Gasteiger partial charge in [-0.25, -0.2) is 4.79 Å². The molecule has 0 bridgehead atoms. The number of hydrogen-bond acceptors (Lipinski definition) is 21. The minimum absolute atomic E-state index is 0.141. The quantitative estimate of drug-likeness (QED) is 0.0389. The van der Waals surface area contributed by atoms with Crippen LogP contribution in [0, 0.1) is 0 Å². The van der Waals surface area contributed by atoms with Crippen molar-refractivity contribution in [3.63, 3.8) is 0 Å². The van der Waals surface area contributed by atoms with Gasteiger partial charge in [-0.3, -0.25) is 9.59 Å². The average molecular weight is 1200 g/mol. The van der Waals surface area contributed by atoms with E-state index in [0.29, 0.717) is 12.8 Å². The fourth-order valence-electron chi connectivity index (χ4n) is 11.3. The van der Waals surface area contributed by atoms with Crippen LogP contribution in [-0.2, 0) is 42.8 Å². The molecule has 3 fully saturated rings. The molecule has 0 radical (unpaired) electrons. The Bertz CT molecular complexity index is 1730. The largest absolute Gasteiger partial charge is 0.477 e. The third kappa shape index (κ3) is 25.7. The first-order valence-corrected chi connectivity index (χ1v) is 31.5. The van der Waals surface area contributed by atoms with Crippen molar-refractivity contribution in [1.29, 1.82) is 0 Å². The van der Waals surface area contributed by atoms with E-state index in [2.05, 4.69) is 24.5 Å². The predicted molar refractivity (Wildman–Crippen MR) is 303 cm³/mol. The predicted octanol–water partition coefficient (Wildman–Crippen LogP) is 2.36. The number of unbranched alkanes of at least 4 members (excludes halogenated alkanes) is 25. The lowest BCUT2D eigenvalue weighted by Gasteiger charge is -2.50. The lowest BCUT2D eigenvalue weighted by atomic mass is 9.88. The van der Waals surface area contributed by atoms with Crippen LogP contribution in [0.25, 0.3) is 0 Å². The van der Waals surface area contributed by atoms with Crippen LogP contribution in [0.4, 0.5) is 0 Å². The Morgan fingerprint density at radius 2 is 1.07 bits per heavy atom. The average Bonchev–Trinajstić information content (AvgIpc) is 3.64. The van der Waals surface area contributed by atoms with Crippen molar-refractivity contribution in [3.05, 3.63) is 0 Å². The van der Waals surface area contributed by atoms with Crippen molar-refractivity contribution in [2.75, 3.05) is 26.4 Å². The van der Waals surface area contributed by atoms with Crippen LogP contribution in [0.15, 0.2) is 0 Å². The van der Waals surface area contributed by atoms with Crippen LogP contribution < -0.4 is 10.6 Å². The van der Waals surface area contributed by atoms with Gasteiger partial charge in [0.15, 0.2) is 12.6 Å². The molecule has 3 aliphatic rings. The fraction of sp³-hybridized carbons (Fsp3) is 0.949. The van der Waals surface area contributed by atoms with Crippen LogP contribution in [-0.4, -0.2) is 227 Å². The van der Waals surface area contributed by atoms with E-state index in [4.69, 9.17) is 28.4 Å². The molecular formula is C59H110N2O22. The summed E-state index contributed by atoms with van der Waals surface area (Å²) in [6.07, 6.45) is -0.373. The minimum atomic E-state index is -3.09. The highest BCUT2D eigenvalue weighted by atomic mass is 16.8. The molecule has 0 aromatic heterocycles. The van der Waals surface area contributed by atoms with Crippen molar-refractivity contribution in [2.45, 2.75) is 329 Å². The van der Waals surface area contributed by atoms with Gasteiger partial charge in [0.25, 0.3) is 5.79 Å². The normalized spacial score (nSPS) is 30.3. The molecule has 0 aromatic carbocycles. The van der Waals surface area contributed by atoms with Gasteiger partial charge in [0.2, 0.25) is 11.8 Å². The minimum Gasteiger partial charge on any atom is -0.477 e. The van der Waals surface area contributed by atoms with Crippen molar-refractivity contribution in [2.24, 2.45) is 0 Å². The number of aliphatic hydroxyl groups excluding tert-OH is 12. The number of hydrogen-bond donors (Lipinski definition) is 15. The number of aliphatic hydroxyl groups is 12. The third-order valence-corrected chi connectivity index (χ3v) is 16.4. The van der Waals surface area contributed by atoms with E-state index in [0.717, 1.165) is 58.3 Å². The lowest BCUT2D eigenvalue weighted by molar-refractivity contribution is -0.386. The van der Waals surface area contributed by atoms with Crippen LogP contribution in [0.1, 0.15) is 213 Å². The first-order valence-electron chi connectivity index (χ1n) is 31.5. The fourth-order valence-corrected chi connectivity index (χ4v) is 11.3. The molecule has 3 heterocycles. The highest BCUT2D eigenvalue weighted by molar-refractivity contribution is 5.77. The molecule has 3 rings (SSSR count). The molecule has 24 nitrogen and oxygen atoms in total. The SMILES string of the molecule is CCCCCCCCCCCCCCCCCC(=O)N[C@H](COC1OC(CO)C(OC2OC(CO)C(O)C(OC3(C(=O)O)CC(O)C(NC(C)=O)C([C@@H](O)[C@@H](O)CO)O3)C2O)C(O)C1O)[C@@H](O)[C@@H](O)CCCCCCCCCCCCCC. The molecule has 2 amide bonds. The van der Waals surface area contributed by atoms with Gasteiger partial charge in [-0.2, -0.15) is 0 Å². The summed E-state index contributed by atoms with van der Waals surface area (Å²) in [5.74, 6) is -6.25. The number of carboxylic acids is 1. The Kier molecular flexibility index (Phi) is 37.7. The van der Waals surface area contributed by atoms with Crippen LogP contribution in [0.2, 0.25) is 0 Å². The van der Waals surface area contributed by atoms with Gasteiger partial charge in [-0.1, -0.05) is 181 Å². The topological polar surface area (TPSA) is 394 Å². The zero-order chi connectivity index (χ0) is 61.3. The number of ether oxygens (including phenoxy) is 6. The first-order chi connectivity index (χ1) is 39.8. The Labute approximate surface area is 491 Å². The Hall–Kier alpha value is -2.31. The molecule has 0 aliphatic carbocycles. The van der Waals surface area contributed by atoms with E-state index in [1.807, 2.05) is 0 Å². The molecule has 19 atom stereocenters. The smallest absolute Gasteiger partial charge is 0.364 e. The highest BCUT2D eigenvalue weighted by Crippen LogP contribution is 2.38. The van der Waals surface area contributed by atoms with E-state index in [-0.39, 0.29) is 12.8 Å². The molecule has 14 unspecified atom stereocenters. The molecule has 0 spiro atoms. The van der Waals surface area contributed by atoms with Gasteiger partial charge in [0.05, 0.1) is 50.7 Å². The molecule has 3 saturated heterocycles. The maximum Gasteiger partial charge on any atom is 0.364 e. The summed E-state index contributed by atoms with van der Waals surface area (Å²) in [5, 5.41) is 147. The first kappa shape index (κ1) is 74.9. The summed E-state index contributed by atoms with van der Waals surface area (Å²) >= 11 is 0. The summed E-state index contributed by atoms with van der Waals surface area (Å²) < 4.78 is 34.6. The number of carboxylic acid groups (broad SMARTS) is 1. The molecule has 24 heteroatoms. The van der Waals surface area contributed by atoms with Crippen molar-refractivity contribution in [3.8, 4) is 0 Å². The van der Waals surface area contributed by atoms with Crippen molar-refractivity contribution >= 4 is 17.8 Å². The van der Waals surface area contributed by atoms with Gasteiger partial charge >= 0.3 is 5.97 Å². The third-order valence-electron chi connectivity index (χ3n) is 16.4.